The van der Waals surface area contributed by atoms with Gasteiger partial charge >= 0.3 is 0 Å². The smallest absolute Gasteiger partial charge is 0.227 e. The van der Waals surface area contributed by atoms with Crippen LogP contribution < -0.4 is 5.32 Å². The lowest BCUT2D eigenvalue weighted by molar-refractivity contribution is -0.122. The molecule has 0 spiro atoms. The Labute approximate surface area is 112 Å². The standard InChI is InChI=1S/C15H17NOS/c1-2-14(12-7-4-3-5-8-12)15(17)16-11-13-9-6-10-18-13/h3-10,14H,2,11H2,1H3,(H,16,17)/t14-/m1/s1. The van der Waals surface area contributed by atoms with Gasteiger partial charge in [0.25, 0.3) is 0 Å². The SMILES string of the molecule is CC[C@@H](C(=O)NCc1cccs1)c1ccccc1. The monoisotopic (exact) mass is 259 g/mol. The highest BCUT2D eigenvalue weighted by Crippen LogP contribution is 2.19. The molecule has 0 aliphatic rings. The van der Waals surface area contributed by atoms with Crippen molar-refractivity contribution < 1.29 is 4.79 Å². The normalized spacial score (nSPS) is 12.1. The Morgan fingerprint density at radius 1 is 1.22 bits per heavy atom. The van der Waals surface area contributed by atoms with Gasteiger partial charge in [0, 0.05) is 4.88 Å². The number of nitrogens with one attached hydrogen (secondary N) is 1. The molecule has 0 aliphatic carbocycles. The first-order valence-electron chi connectivity index (χ1n) is 6.16. The Bertz CT molecular complexity index is 478. The summed E-state index contributed by atoms with van der Waals surface area (Å²) in [5.41, 5.74) is 1.09. The van der Waals surface area contributed by atoms with Gasteiger partial charge in [-0.2, -0.15) is 0 Å². The minimum Gasteiger partial charge on any atom is -0.351 e. The Hall–Kier alpha value is -1.61. The Kier molecular flexibility index (Phi) is 4.53. The first-order valence-corrected chi connectivity index (χ1v) is 7.04. The number of thiophene rings is 1. The molecule has 0 radical (unpaired) electrons. The van der Waals surface area contributed by atoms with E-state index < -0.39 is 0 Å². The number of carbonyl (C=O) groups excluding carboxylic acids is 1. The summed E-state index contributed by atoms with van der Waals surface area (Å²) in [4.78, 5) is 13.3. The first-order chi connectivity index (χ1) is 8.81. The molecule has 2 nitrogen and oxygen atoms in total. The zero-order valence-electron chi connectivity index (χ0n) is 10.4. The maximum atomic E-state index is 12.2. The molecular weight excluding hydrogens is 242 g/mol. The second-order valence-corrected chi connectivity index (χ2v) is 5.20. The summed E-state index contributed by atoms with van der Waals surface area (Å²) < 4.78 is 0. The van der Waals surface area contributed by atoms with Crippen LogP contribution in [0.15, 0.2) is 47.8 Å². The van der Waals surface area contributed by atoms with E-state index in [2.05, 4.69) is 5.32 Å². The summed E-state index contributed by atoms with van der Waals surface area (Å²) in [5.74, 6) is 0.0586. The molecular formula is C15H17NOS. The minimum atomic E-state index is -0.0498. The van der Waals surface area contributed by atoms with Gasteiger partial charge in [0.2, 0.25) is 5.91 Å². The van der Waals surface area contributed by atoms with Gasteiger partial charge < -0.3 is 5.32 Å². The van der Waals surface area contributed by atoms with Crippen LogP contribution in [0.4, 0.5) is 0 Å². The van der Waals surface area contributed by atoms with Crippen LogP contribution in [0, 0.1) is 0 Å². The predicted molar refractivity (Wildman–Crippen MR) is 75.6 cm³/mol. The fourth-order valence-electron chi connectivity index (χ4n) is 1.97. The molecule has 2 aromatic rings. The van der Waals surface area contributed by atoms with Gasteiger partial charge in [0.1, 0.15) is 0 Å². The molecule has 0 saturated carbocycles. The number of hydrogen-bond acceptors (Lipinski definition) is 2. The van der Waals surface area contributed by atoms with Crippen LogP contribution in [0.3, 0.4) is 0 Å². The van der Waals surface area contributed by atoms with Crippen molar-refractivity contribution in [3.8, 4) is 0 Å². The van der Waals surface area contributed by atoms with Crippen molar-refractivity contribution in [2.45, 2.75) is 25.8 Å². The number of rotatable bonds is 5. The molecule has 1 heterocycles. The lowest BCUT2D eigenvalue weighted by Crippen LogP contribution is -2.28. The third-order valence-electron chi connectivity index (χ3n) is 2.94. The summed E-state index contributed by atoms with van der Waals surface area (Å²) in [6.07, 6.45) is 0.820. The fourth-order valence-corrected chi connectivity index (χ4v) is 2.61. The molecule has 0 fully saturated rings. The molecule has 0 bridgehead atoms. The van der Waals surface area contributed by atoms with Gasteiger partial charge in [-0.25, -0.2) is 0 Å². The average molecular weight is 259 g/mol. The molecule has 18 heavy (non-hydrogen) atoms. The van der Waals surface area contributed by atoms with E-state index in [0.717, 1.165) is 12.0 Å². The summed E-state index contributed by atoms with van der Waals surface area (Å²) in [5, 5.41) is 5.03. The quantitative estimate of drug-likeness (QED) is 0.874. The van der Waals surface area contributed by atoms with Crippen molar-refractivity contribution in [1.29, 1.82) is 0 Å². The van der Waals surface area contributed by atoms with E-state index in [1.807, 2.05) is 54.8 Å². The van der Waals surface area contributed by atoms with Crippen LogP contribution in [0.1, 0.15) is 29.7 Å². The second kappa shape index (κ2) is 6.36. The van der Waals surface area contributed by atoms with E-state index in [1.165, 1.54) is 4.88 Å². The van der Waals surface area contributed by atoms with Crippen LogP contribution in [0.25, 0.3) is 0 Å². The van der Waals surface area contributed by atoms with Crippen LogP contribution >= 0.6 is 11.3 Å². The van der Waals surface area contributed by atoms with Crippen molar-refractivity contribution in [2.24, 2.45) is 0 Å². The third kappa shape index (κ3) is 3.20. The van der Waals surface area contributed by atoms with E-state index >= 15 is 0 Å². The van der Waals surface area contributed by atoms with Crippen LogP contribution in [0.2, 0.25) is 0 Å². The zero-order chi connectivity index (χ0) is 12.8. The Morgan fingerprint density at radius 2 is 2.00 bits per heavy atom. The molecule has 1 atom stereocenters. The van der Waals surface area contributed by atoms with Gasteiger partial charge in [-0.05, 0) is 23.4 Å². The van der Waals surface area contributed by atoms with Gasteiger partial charge in [-0.3, -0.25) is 4.79 Å². The third-order valence-corrected chi connectivity index (χ3v) is 3.82. The molecule has 3 heteroatoms. The number of benzene rings is 1. The number of hydrogen-bond donors (Lipinski definition) is 1. The molecule has 1 aromatic carbocycles. The Morgan fingerprint density at radius 3 is 2.61 bits per heavy atom. The average Bonchev–Trinajstić information content (AvgIpc) is 2.92. The Balaban J connectivity index is 1.98. The lowest BCUT2D eigenvalue weighted by atomic mass is 9.96. The molecule has 94 valence electrons. The topological polar surface area (TPSA) is 29.1 Å². The first kappa shape index (κ1) is 12.8. The van der Waals surface area contributed by atoms with Crippen molar-refractivity contribution in [3.05, 3.63) is 58.3 Å². The zero-order valence-corrected chi connectivity index (χ0v) is 11.2. The van der Waals surface area contributed by atoms with Crippen LogP contribution in [-0.2, 0) is 11.3 Å². The molecule has 2 rings (SSSR count). The molecule has 0 aliphatic heterocycles. The highest BCUT2D eigenvalue weighted by Gasteiger charge is 2.17. The largest absolute Gasteiger partial charge is 0.351 e. The van der Waals surface area contributed by atoms with Gasteiger partial charge in [-0.1, -0.05) is 43.3 Å². The fraction of sp³-hybridized carbons (Fsp3) is 0.267. The van der Waals surface area contributed by atoms with E-state index in [4.69, 9.17) is 0 Å². The van der Waals surface area contributed by atoms with Crippen molar-refractivity contribution in [3.63, 3.8) is 0 Å². The maximum absolute atomic E-state index is 12.2. The van der Waals surface area contributed by atoms with E-state index in [-0.39, 0.29) is 11.8 Å². The van der Waals surface area contributed by atoms with Crippen LogP contribution in [-0.4, -0.2) is 5.91 Å². The minimum absolute atomic E-state index is 0.0498. The predicted octanol–water partition coefficient (Wildman–Crippen LogP) is 3.56. The van der Waals surface area contributed by atoms with Gasteiger partial charge in [0.15, 0.2) is 0 Å². The maximum Gasteiger partial charge on any atom is 0.227 e. The van der Waals surface area contributed by atoms with E-state index in [0.29, 0.717) is 6.54 Å². The highest BCUT2D eigenvalue weighted by atomic mass is 32.1. The summed E-state index contributed by atoms with van der Waals surface area (Å²) in [6.45, 7) is 2.67. The van der Waals surface area contributed by atoms with Gasteiger partial charge in [0.05, 0.1) is 12.5 Å². The summed E-state index contributed by atoms with van der Waals surface area (Å²) >= 11 is 1.67. The molecule has 0 saturated heterocycles. The van der Waals surface area contributed by atoms with Gasteiger partial charge in [-0.15, -0.1) is 11.3 Å². The lowest BCUT2D eigenvalue weighted by Gasteiger charge is -2.14. The molecule has 1 N–H and O–H groups in total. The number of amides is 1. The van der Waals surface area contributed by atoms with Crippen molar-refractivity contribution >= 4 is 17.2 Å². The molecule has 0 unspecified atom stereocenters. The second-order valence-electron chi connectivity index (χ2n) is 4.17. The number of carbonyl (C=O) groups is 1. The summed E-state index contributed by atoms with van der Waals surface area (Å²) in [6, 6.07) is 14.0. The van der Waals surface area contributed by atoms with Crippen LogP contribution in [0.5, 0.6) is 0 Å². The highest BCUT2D eigenvalue weighted by molar-refractivity contribution is 7.09. The molecule has 1 aromatic heterocycles. The van der Waals surface area contributed by atoms with Crippen molar-refractivity contribution in [2.75, 3.05) is 0 Å². The van der Waals surface area contributed by atoms with Crippen molar-refractivity contribution in [1.82, 2.24) is 5.32 Å². The van der Waals surface area contributed by atoms with E-state index in [9.17, 15) is 4.79 Å². The molecule has 1 amide bonds. The van der Waals surface area contributed by atoms with E-state index in [1.54, 1.807) is 11.3 Å². The summed E-state index contributed by atoms with van der Waals surface area (Å²) in [7, 11) is 0.